The molecule has 4 nitrogen and oxygen atoms in total. The molecule has 1 aromatic rings. The largest absolute Gasteiger partial charge is 0.460 e. The molecule has 0 bridgehead atoms. The Morgan fingerprint density at radius 3 is 2.71 bits per heavy atom. The van der Waals surface area contributed by atoms with Crippen LogP contribution in [0, 0.1) is 11.7 Å². The molecular weight excluding hydrogens is 273 g/mol. The van der Waals surface area contributed by atoms with Crippen LogP contribution >= 0.6 is 0 Å². The molecule has 2 rings (SSSR count). The predicted octanol–water partition coefficient (Wildman–Crippen LogP) is 2.57. The normalized spacial score (nSPS) is 15.5. The zero-order chi connectivity index (χ0) is 15.1. The lowest BCUT2D eigenvalue weighted by molar-refractivity contribution is -0.145. The van der Waals surface area contributed by atoms with E-state index in [1.807, 2.05) is 0 Å². The van der Waals surface area contributed by atoms with Crippen molar-refractivity contribution >= 4 is 11.9 Å². The zero-order valence-electron chi connectivity index (χ0n) is 11.9. The van der Waals surface area contributed by atoms with Crippen LogP contribution in [0.25, 0.3) is 0 Å². The second-order valence-electron chi connectivity index (χ2n) is 5.34. The number of carbonyl (C=O) groups excluding carboxylic acids is 2. The lowest BCUT2D eigenvalue weighted by Gasteiger charge is -2.20. The molecule has 1 amide bonds. The monoisotopic (exact) mass is 293 g/mol. The number of amides is 1. The van der Waals surface area contributed by atoms with Crippen LogP contribution in [-0.2, 0) is 20.9 Å². The summed E-state index contributed by atoms with van der Waals surface area (Å²) in [6.07, 6.45) is 5.11. The van der Waals surface area contributed by atoms with E-state index in [0.717, 1.165) is 25.7 Å². The van der Waals surface area contributed by atoms with Crippen LogP contribution < -0.4 is 5.32 Å². The van der Waals surface area contributed by atoms with Crippen molar-refractivity contribution in [2.24, 2.45) is 5.92 Å². The van der Waals surface area contributed by atoms with E-state index in [4.69, 9.17) is 4.74 Å². The summed E-state index contributed by atoms with van der Waals surface area (Å²) in [5, 5.41) is 2.61. The standard InChI is InChI=1S/C16H20FNO3/c17-14-8-4-5-12(9-14)11-21-15(19)10-18-16(20)13-6-2-1-3-7-13/h4-5,8-9,13H,1-3,6-7,10-11H2,(H,18,20). The number of hydrogen-bond acceptors (Lipinski definition) is 3. The Kier molecular flexibility index (Phi) is 5.72. The summed E-state index contributed by atoms with van der Waals surface area (Å²) in [6, 6.07) is 5.88. The number of ether oxygens (including phenoxy) is 1. The van der Waals surface area contributed by atoms with E-state index in [1.54, 1.807) is 12.1 Å². The summed E-state index contributed by atoms with van der Waals surface area (Å²) in [4.78, 5) is 23.4. The molecule has 5 heteroatoms. The summed E-state index contributed by atoms with van der Waals surface area (Å²) in [7, 11) is 0. The molecule has 0 radical (unpaired) electrons. The van der Waals surface area contributed by atoms with Crippen molar-refractivity contribution in [2.75, 3.05) is 6.54 Å². The number of rotatable bonds is 5. The number of benzene rings is 1. The van der Waals surface area contributed by atoms with Crippen molar-refractivity contribution in [3.63, 3.8) is 0 Å². The van der Waals surface area contributed by atoms with Crippen molar-refractivity contribution in [3.05, 3.63) is 35.6 Å². The molecule has 0 saturated heterocycles. The van der Waals surface area contributed by atoms with Gasteiger partial charge in [-0.2, -0.15) is 0 Å². The van der Waals surface area contributed by atoms with Crippen molar-refractivity contribution in [3.8, 4) is 0 Å². The average molecular weight is 293 g/mol. The maximum absolute atomic E-state index is 13.0. The minimum Gasteiger partial charge on any atom is -0.460 e. The first kappa shape index (κ1) is 15.5. The van der Waals surface area contributed by atoms with Gasteiger partial charge in [-0.3, -0.25) is 9.59 Å². The molecule has 1 saturated carbocycles. The van der Waals surface area contributed by atoms with Crippen molar-refractivity contribution < 1.29 is 18.7 Å². The van der Waals surface area contributed by atoms with Crippen LogP contribution in [0.1, 0.15) is 37.7 Å². The maximum Gasteiger partial charge on any atom is 0.325 e. The molecule has 1 N–H and O–H groups in total. The second kappa shape index (κ2) is 7.76. The Hall–Kier alpha value is -1.91. The Morgan fingerprint density at radius 2 is 2.00 bits per heavy atom. The number of halogens is 1. The van der Waals surface area contributed by atoms with Gasteiger partial charge in [-0.05, 0) is 30.5 Å². The Balaban J connectivity index is 1.68. The van der Waals surface area contributed by atoms with Gasteiger partial charge < -0.3 is 10.1 Å². The number of hydrogen-bond donors (Lipinski definition) is 1. The number of carbonyl (C=O) groups is 2. The molecule has 1 aliphatic rings. The van der Waals surface area contributed by atoms with E-state index in [-0.39, 0.29) is 30.8 Å². The molecular formula is C16H20FNO3. The van der Waals surface area contributed by atoms with Crippen LogP contribution in [-0.4, -0.2) is 18.4 Å². The van der Waals surface area contributed by atoms with Crippen LogP contribution in [0.2, 0.25) is 0 Å². The molecule has 1 aliphatic carbocycles. The fraction of sp³-hybridized carbons (Fsp3) is 0.500. The highest BCUT2D eigenvalue weighted by Gasteiger charge is 2.21. The van der Waals surface area contributed by atoms with E-state index < -0.39 is 5.97 Å². The van der Waals surface area contributed by atoms with Crippen molar-refractivity contribution in [1.29, 1.82) is 0 Å². The minimum atomic E-state index is -0.511. The first-order chi connectivity index (χ1) is 10.1. The summed E-state index contributed by atoms with van der Waals surface area (Å²) in [5.74, 6) is -0.926. The summed E-state index contributed by atoms with van der Waals surface area (Å²) >= 11 is 0. The first-order valence-electron chi connectivity index (χ1n) is 7.33. The van der Waals surface area contributed by atoms with E-state index in [2.05, 4.69) is 5.32 Å². The average Bonchev–Trinajstić information content (AvgIpc) is 2.51. The molecule has 0 unspecified atom stereocenters. The van der Waals surface area contributed by atoms with Gasteiger partial charge in [0.05, 0.1) is 0 Å². The molecule has 0 spiro atoms. The highest BCUT2D eigenvalue weighted by Crippen LogP contribution is 2.23. The fourth-order valence-electron chi connectivity index (χ4n) is 2.51. The van der Waals surface area contributed by atoms with Crippen LogP contribution in [0.3, 0.4) is 0 Å². The molecule has 0 atom stereocenters. The summed E-state index contributed by atoms with van der Waals surface area (Å²) < 4.78 is 18.0. The van der Waals surface area contributed by atoms with Crippen LogP contribution in [0.4, 0.5) is 4.39 Å². The molecule has 114 valence electrons. The van der Waals surface area contributed by atoms with Gasteiger partial charge in [-0.1, -0.05) is 31.4 Å². The highest BCUT2D eigenvalue weighted by atomic mass is 19.1. The van der Waals surface area contributed by atoms with E-state index in [1.165, 1.54) is 18.6 Å². The Bertz CT molecular complexity index is 498. The van der Waals surface area contributed by atoms with E-state index in [9.17, 15) is 14.0 Å². The minimum absolute atomic E-state index is 0.00981. The van der Waals surface area contributed by atoms with Gasteiger partial charge in [0, 0.05) is 5.92 Å². The molecule has 0 aromatic heterocycles. The molecule has 0 aliphatic heterocycles. The molecule has 1 aromatic carbocycles. The topological polar surface area (TPSA) is 55.4 Å². The maximum atomic E-state index is 13.0. The quantitative estimate of drug-likeness (QED) is 0.849. The number of nitrogens with one attached hydrogen (secondary N) is 1. The molecule has 0 heterocycles. The fourth-order valence-corrected chi connectivity index (χ4v) is 2.51. The van der Waals surface area contributed by atoms with E-state index >= 15 is 0 Å². The van der Waals surface area contributed by atoms with Gasteiger partial charge in [-0.15, -0.1) is 0 Å². The van der Waals surface area contributed by atoms with Crippen molar-refractivity contribution in [2.45, 2.75) is 38.7 Å². The molecule has 1 fully saturated rings. The zero-order valence-corrected chi connectivity index (χ0v) is 11.9. The van der Waals surface area contributed by atoms with Gasteiger partial charge in [0.1, 0.15) is 19.0 Å². The Morgan fingerprint density at radius 1 is 1.24 bits per heavy atom. The third-order valence-corrected chi connectivity index (χ3v) is 3.67. The smallest absolute Gasteiger partial charge is 0.325 e. The second-order valence-corrected chi connectivity index (χ2v) is 5.34. The first-order valence-corrected chi connectivity index (χ1v) is 7.33. The van der Waals surface area contributed by atoms with Crippen LogP contribution in [0.15, 0.2) is 24.3 Å². The Labute approximate surface area is 123 Å². The number of esters is 1. The third kappa shape index (κ3) is 5.17. The SMILES string of the molecule is O=C(CNC(=O)C1CCCCC1)OCc1cccc(F)c1. The van der Waals surface area contributed by atoms with Gasteiger partial charge in [0.15, 0.2) is 0 Å². The van der Waals surface area contributed by atoms with Crippen molar-refractivity contribution in [1.82, 2.24) is 5.32 Å². The predicted molar refractivity (Wildman–Crippen MR) is 75.8 cm³/mol. The highest BCUT2D eigenvalue weighted by molar-refractivity contribution is 5.83. The van der Waals surface area contributed by atoms with Crippen LogP contribution in [0.5, 0.6) is 0 Å². The lowest BCUT2D eigenvalue weighted by Crippen LogP contribution is -2.36. The van der Waals surface area contributed by atoms with Gasteiger partial charge in [-0.25, -0.2) is 4.39 Å². The summed E-state index contributed by atoms with van der Waals surface area (Å²) in [6.45, 7) is -0.124. The summed E-state index contributed by atoms with van der Waals surface area (Å²) in [5.41, 5.74) is 0.585. The lowest BCUT2D eigenvalue weighted by atomic mass is 9.89. The van der Waals surface area contributed by atoms with Gasteiger partial charge in [0.2, 0.25) is 5.91 Å². The van der Waals surface area contributed by atoms with Gasteiger partial charge in [0.25, 0.3) is 0 Å². The molecule has 21 heavy (non-hydrogen) atoms. The third-order valence-electron chi connectivity index (χ3n) is 3.67. The van der Waals surface area contributed by atoms with E-state index in [0.29, 0.717) is 5.56 Å². The van der Waals surface area contributed by atoms with Gasteiger partial charge >= 0.3 is 5.97 Å².